The molecule has 28 heavy (non-hydrogen) atoms. The minimum Gasteiger partial charge on any atom is -0.496 e. The summed E-state index contributed by atoms with van der Waals surface area (Å²) < 4.78 is 5.25. The van der Waals surface area contributed by atoms with Gasteiger partial charge in [-0.05, 0) is 48.5 Å². The number of hydrogen-bond acceptors (Lipinski definition) is 5. The predicted octanol–water partition coefficient (Wildman–Crippen LogP) is 4.33. The summed E-state index contributed by atoms with van der Waals surface area (Å²) in [6, 6.07) is 12.2. The highest BCUT2D eigenvalue weighted by atomic mass is 35.5. The fourth-order valence-corrected chi connectivity index (χ4v) is 3.59. The number of nitrogens with zero attached hydrogens (tertiary/aromatic N) is 1. The Labute approximate surface area is 171 Å². The minimum atomic E-state index is -0.516. The Balaban J connectivity index is 1.72. The molecule has 0 aromatic heterocycles. The fraction of sp³-hybridized carbons (Fsp3) is 0.150. The van der Waals surface area contributed by atoms with Crippen LogP contribution in [0, 0.1) is 6.92 Å². The summed E-state index contributed by atoms with van der Waals surface area (Å²) in [6.45, 7) is 1.47. The van der Waals surface area contributed by atoms with Crippen LogP contribution >= 0.6 is 23.4 Å². The quantitative estimate of drug-likeness (QED) is 0.734. The van der Waals surface area contributed by atoms with E-state index in [1.54, 1.807) is 42.5 Å². The maximum atomic E-state index is 12.6. The number of para-hydroxylation sites is 1. The molecule has 3 amide bonds. The molecule has 0 atom stereocenters. The monoisotopic (exact) mass is 416 g/mol. The number of thioether (sulfide) groups is 1. The molecule has 1 heterocycles. The van der Waals surface area contributed by atoms with Crippen molar-refractivity contribution in [1.29, 1.82) is 0 Å². The zero-order valence-corrected chi connectivity index (χ0v) is 16.8. The Morgan fingerprint density at radius 2 is 2.00 bits per heavy atom. The first-order chi connectivity index (χ1) is 13.4. The molecule has 2 aromatic rings. The van der Waals surface area contributed by atoms with Crippen molar-refractivity contribution >= 4 is 52.2 Å². The van der Waals surface area contributed by atoms with Crippen molar-refractivity contribution in [1.82, 2.24) is 4.90 Å². The number of rotatable bonds is 5. The second-order valence-electron chi connectivity index (χ2n) is 6.02. The van der Waals surface area contributed by atoms with E-state index in [9.17, 15) is 14.4 Å². The molecular weight excluding hydrogens is 400 g/mol. The van der Waals surface area contributed by atoms with Crippen molar-refractivity contribution in [3.63, 3.8) is 0 Å². The molecule has 1 fully saturated rings. The van der Waals surface area contributed by atoms with Crippen LogP contribution in [-0.2, 0) is 9.59 Å². The van der Waals surface area contributed by atoms with Gasteiger partial charge in [0, 0.05) is 16.3 Å². The van der Waals surface area contributed by atoms with Gasteiger partial charge in [0.2, 0.25) is 5.91 Å². The highest BCUT2D eigenvalue weighted by molar-refractivity contribution is 8.18. The Morgan fingerprint density at radius 3 is 2.71 bits per heavy atom. The molecule has 1 aliphatic rings. The van der Waals surface area contributed by atoms with Crippen molar-refractivity contribution in [2.24, 2.45) is 0 Å². The molecule has 0 saturated carbocycles. The third-order valence-electron chi connectivity index (χ3n) is 4.06. The number of anilines is 1. The molecule has 1 N–H and O–H groups in total. The van der Waals surface area contributed by atoms with Gasteiger partial charge in [-0.1, -0.05) is 35.9 Å². The number of hydrogen-bond donors (Lipinski definition) is 1. The summed E-state index contributed by atoms with van der Waals surface area (Å²) in [7, 11) is 1.53. The topological polar surface area (TPSA) is 75.7 Å². The molecule has 8 heteroatoms. The van der Waals surface area contributed by atoms with E-state index in [4.69, 9.17) is 16.3 Å². The van der Waals surface area contributed by atoms with Crippen molar-refractivity contribution in [2.45, 2.75) is 6.92 Å². The van der Waals surface area contributed by atoms with Gasteiger partial charge in [0.05, 0.1) is 12.0 Å². The molecule has 1 aliphatic heterocycles. The van der Waals surface area contributed by atoms with Crippen molar-refractivity contribution < 1.29 is 19.1 Å². The van der Waals surface area contributed by atoms with Gasteiger partial charge >= 0.3 is 0 Å². The van der Waals surface area contributed by atoms with E-state index in [0.717, 1.165) is 22.2 Å². The molecule has 0 unspecified atom stereocenters. The summed E-state index contributed by atoms with van der Waals surface area (Å²) in [5.41, 5.74) is 2.05. The number of benzene rings is 2. The molecule has 0 bridgehead atoms. The third kappa shape index (κ3) is 4.37. The van der Waals surface area contributed by atoms with E-state index in [0.29, 0.717) is 22.0 Å². The summed E-state index contributed by atoms with van der Waals surface area (Å²) in [5, 5.41) is 2.66. The van der Waals surface area contributed by atoms with Crippen molar-refractivity contribution in [2.75, 3.05) is 19.0 Å². The number of halogens is 1. The SMILES string of the molecule is COc1ccccc1/C=C1\SC(=O)N(CC(=O)Nc2ccc(C)c(Cl)c2)C1=O. The lowest BCUT2D eigenvalue weighted by atomic mass is 10.2. The first kappa shape index (κ1) is 20.0. The first-order valence-electron chi connectivity index (χ1n) is 8.33. The van der Waals surface area contributed by atoms with Gasteiger partial charge in [-0.3, -0.25) is 19.3 Å². The number of carbonyl (C=O) groups excluding carboxylic acids is 3. The summed E-state index contributed by atoms with van der Waals surface area (Å²) in [4.78, 5) is 38.2. The molecule has 3 rings (SSSR count). The van der Waals surface area contributed by atoms with Gasteiger partial charge in [0.15, 0.2) is 0 Å². The Kier molecular flexibility index (Phi) is 6.06. The molecule has 0 spiro atoms. The molecule has 0 radical (unpaired) electrons. The van der Waals surface area contributed by atoms with E-state index in [-0.39, 0.29) is 11.4 Å². The van der Waals surface area contributed by atoms with Crippen LogP contribution in [0.5, 0.6) is 5.75 Å². The average Bonchev–Trinajstić information content (AvgIpc) is 2.92. The van der Waals surface area contributed by atoms with Crippen molar-refractivity contribution in [3.05, 3.63) is 63.5 Å². The summed E-state index contributed by atoms with van der Waals surface area (Å²) in [5.74, 6) is -0.415. The third-order valence-corrected chi connectivity index (χ3v) is 5.37. The predicted molar refractivity (Wildman–Crippen MR) is 110 cm³/mol. The van der Waals surface area contributed by atoms with Crippen LogP contribution in [-0.4, -0.2) is 35.6 Å². The number of nitrogens with one attached hydrogen (secondary N) is 1. The van der Waals surface area contributed by atoms with Crippen LogP contribution in [0.2, 0.25) is 5.02 Å². The van der Waals surface area contributed by atoms with Crippen LogP contribution in [0.15, 0.2) is 47.4 Å². The van der Waals surface area contributed by atoms with E-state index in [1.165, 1.54) is 7.11 Å². The smallest absolute Gasteiger partial charge is 0.294 e. The summed E-state index contributed by atoms with van der Waals surface area (Å²) >= 11 is 6.83. The standard InChI is InChI=1S/C20H17ClN2O4S/c1-12-7-8-14(10-15(12)21)22-18(24)11-23-19(25)17(28-20(23)26)9-13-5-3-4-6-16(13)27-2/h3-10H,11H2,1-2H3,(H,22,24)/b17-9-. The minimum absolute atomic E-state index is 0.237. The van der Waals surface area contributed by atoms with Crippen LogP contribution in [0.4, 0.5) is 10.5 Å². The van der Waals surface area contributed by atoms with E-state index < -0.39 is 17.1 Å². The zero-order chi connectivity index (χ0) is 20.3. The lowest BCUT2D eigenvalue weighted by molar-refractivity contribution is -0.127. The number of carbonyl (C=O) groups is 3. The number of aryl methyl sites for hydroxylation is 1. The van der Waals surface area contributed by atoms with Gasteiger partial charge in [0.25, 0.3) is 11.1 Å². The van der Waals surface area contributed by atoms with Gasteiger partial charge in [-0.25, -0.2) is 0 Å². The zero-order valence-electron chi connectivity index (χ0n) is 15.2. The maximum Gasteiger partial charge on any atom is 0.294 e. The van der Waals surface area contributed by atoms with E-state index >= 15 is 0 Å². The highest BCUT2D eigenvalue weighted by Gasteiger charge is 2.36. The fourth-order valence-electron chi connectivity index (χ4n) is 2.58. The van der Waals surface area contributed by atoms with Crippen LogP contribution in [0.1, 0.15) is 11.1 Å². The Morgan fingerprint density at radius 1 is 1.25 bits per heavy atom. The average molecular weight is 417 g/mol. The largest absolute Gasteiger partial charge is 0.496 e. The molecule has 6 nitrogen and oxygen atoms in total. The second kappa shape index (κ2) is 8.50. The lowest BCUT2D eigenvalue weighted by Gasteiger charge is -2.13. The number of ether oxygens (including phenoxy) is 1. The van der Waals surface area contributed by atoms with Gasteiger partial charge in [0.1, 0.15) is 12.3 Å². The van der Waals surface area contributed by atoms with Gasteiger partial charge in [-0.2, -0.15) is 0 Å². The van der Waals surface area contributed by atoms with E-state index in [2.05, 4.69) is 5.32 Å². The van der Waals surface area contributed by atoms with Gasteiger partial charge in [-0.15, -0.1) is 0 Å². The van der Waals surface area contributed by atoms with Crippen LogP contribution in [0.3, 0.4) is 0 Å². The molecule has 0 aliphatic carbocycles. The van der Waals surface area contributed by atoms with Crippen LogP contribution < -0.4 is 10.1 Å². The lowest BCUT2D eigenvalue weighted by Crippen LogP contribution is -2.36. The number of methoxy groups -OCH3 is 1. The maximum absolute atomic E-state index is 12.6. The highest BCUT2D eigenvalue weighted by Crippen LogP contribution is 2.33. The van der Waals surface area contributed by atoms with Crippen molar-refractivity contribution in [3.8, 4) is 5.75 Å². The Bertz CT molecular complexity index is 990. The second-order valence-corrected chi connectivity index (χ2v) is 7.42. The summed E-state index contributed by atoms with van der Waals surface area (Å²) in [6.07, 6.45) is 1.58. The van der Waals surface area contributed by atoms with Gasteiger partial charge < -0.3 is 10.1 Å². The normalized spacial score (nSPS) is 15.2. The number of amides is 3. The number of imide groups is 1. The first-order valence-corrected chi connectivity index (χ1v) is 9.53. The molecular formula is C20H17ClN2O4S. The van der Waals surface area contributed by atoms with E-state index in [1.807, 2.05) is 13.0 Å². The molecule has 144 valence electrons. The van der Waals surface area contributed by atoms with Crippen LogP contribution in [0.25, 0.3) is 6.08 Å². The molecule has 1 saturated heterocycles. The molecule has 2 aromatic carbocycles. The Hall–Kier alpha value is -2.77.